The highest BCUT2D eigenvalue weighted by molar-refractivity contribution is 7.99. The van der Waals surface area contributed by atoms with Crippen LogP contribution >= 0.6 is 11.8 Å². The van der Waals surface area contributed by atoms with Gasteiger partial charge >= 0.3 is 0 Å². The summed E-state index contributed by atoms with van der Waals surface area (Å²) in [4.78, 5) is 22.0. The third kappa shape index (κ3) is 5.89. The molecular weight excluding hydrogens is 498 g/mol. The van der Waals surface area contributed by atoms with Crippen LogP contribution in [0.4, 0.5) is 8.78 Å². The number of amides is 1. The van der Waals surface area contributed by atoms with Crippen LogP contribution < -0.4 is 0 Å². The fraction of sp³-hybridized carbons (Fsp3) is 0.308. The van der Waals surface area contributed by atoms with Gasteiger partial charge in [-0.25, -0.2) is 0 Å². The van der Waals surface area contributed by atoms with E-state index < -0.39 is 5.76 Å². The number of carbonyl (C=O) groups excluding carboxylic acids is 1. The molecule has 0 unspecified atom stereocenters. The minimum Gasteiger partial charge on any atom is -0.336 e. The fourth-order valence-electron chi connectivity index (χ4n) is 4.17. The van der Waals surface area contributed by atoms with Crippen molar-refractivity contribution in [1.29, 1.82) is 0 Å². The molecule has 8 nitrogen and oxygen atoms in total. The van der Waals surface area contributed by atoms with Gasteiger partial charge in [-0.15, -0.1) is 0 Å². The molecule has 0 N–H and O–H groups in total. The third-order valence-electron chi connectivity index (χ3n) is 6.26. The minimum absolute atomic E-state index is 0.0482. The number of nitrogens with zero attached hydrogens (tertiary/aromatic N) is 6. The SMILES string of the molecule is Cc1cc(-c2nc(-c3ccc(SC(F)F)cc3)no2)nn1Cc1cccc(C(=O)N2CCN(C)CC2)c1. The maximum atomic E-state index is 13.0. The molecule has 1 saturated heterocycles. The van der Waals surface area contributed by atoms with Crippen molar-refractivity contribution in [3.8, 4) is 23.0 Å². The van der Waals surface area contributed by atoms with Gasteiger partial charge in [0.15, 0.2) is 5.69 Å². The van der Waals surface area contributed by atoms with E-state index in [-0.39, 0.29) is 11.8 Å². The van der Waals surface area contributed by atoms with Crippen LogP contribution in [0.3, 0.4) is 0 Å². The highest BCUT2D eigenvalue weighted by atomic mass is 32.2. The van der Waals surface area contributed by atoms with E-state index in [0.29, 0.717) is 45.8 Å². The van der Waals surface area contributed by atoms with Crippen LogP contribution in [0.5, 0.6) is 0 Å². The van der Waals surface area contributed by atoms with Crippen molar-refractivity contribution >= 4 is 17.7 Å². The van der Waals surface area contributed by atoms with Crippen LogP contribution in [0, 0.1) is 6.92 Å². The molecule has 5 rings (SSSR count). The zero-order valence-corrected chi connectivity index (χ0v) is 21.3. The maximum absolute atomic E-state index is 13.0. The Bertz CT molecular complexity index is 1380. The number of benzene rings is 2. The molecule has 192 valence electrons. The molecule has 1 amide bonds. The lowest BCUT2D eigenvalue weighted by Gasteiger charge is -2.32. The Balaban J connectivity index is 1.29. The number of thioether (sulfide) groups is 1. The molecule has 0 bridgehead atoms. The van der Waals surface area contributed by atoms with Crippen molar-refractivity contribution < 1.29 is 18.1 Å². The van der Waals surface area contributed by atoms with Crippen LogP contribution in [-0.4, -0.2) is 74.6 Å². The van der Waals surface area contributed by atoms with E-state index in [0.717, 1.165) is 37.4 Å². The maximum Gasteiger partial charge on any atom is 0.288 e. The van der Waals surface area contributed by atoms with E-state index in [1.807, 2.05) is 46.8 Å². The summed E-state index contributed by atoms with van der Waals surface area (Å²) < 4.78 is 32.4. The molecule has 2 aromatic heterocycles. The summed E-state index contributed by atoms with van der Waals surface area (Å²) in [6.07, 6.45) is 0. The van der Waals surface area contributed by atoms with E-state index in [1.165, 1.54) is 0 Å². The second-order valence-corrected chi connectivity index (χ2v) is 10.0. The monoisotopic (exact) mass is 524 g/mol. The van der Waals surface area contributed by atoms with E-state index >= 15 is 0 Å². The number of hydrogen-bond donors (Lipinski definition) is 0. The minimum atomic E-state index is -2.47. The number of carbonyl (C=O) groups is 1. The van der Waals surface area contributed by atoms with Crippen molar-refractivity contribution in [1.82, 2.24) is 29.7 Å². The molecule has 3 heterocycles. The Labute approximate surface area is 217 Å². The number of halogens is 2. The summed E-state index contributed by atoms with van der Waals surface area (Å²) >= 11 is 0.486. The number of rotatable bonds is 7. The van der Waals surface area contributed by atoms with Crippen LogP contribution in [0.2, 0.25) is 0 Å². The molecule has 37 heavy (non-hydrogen) atoms. The largest absolute Gasteiger partial charge is 0.336 e. The second-order valence-electron chi connectivity index (χ2n) is 8.95. The molecule has 1 aliphatic rings. The molecule has 11 heteroatoms. The molecule has 2 aromatic carbocycles. The van der Waals surface area contributed by atoms with Gasteiger partial charge in [0.2, 0.25) is 5.82 Å². The van der Waals surface area contributed by atoms with Gasteiger partial charge < -0.3 is 14.3 Å². The summed E-state index contributed by atoms with van der Waals surface area (Å²) in [6, 6.07) is 16.1. The zero-order chi connectivity index (χ0) is 25.9. The summed E-state index contributed by atoms with van der Waals surface area (Å²) in [5.74, 6) is -1.80. The lowest BCUT2D eigenvalue weighted by Crippen LogP contribution is -2.47. The summed E-state index contributed by atoms with van der Waals surface area (Å²) in [6.45, 7) is 5.63. The third-order valence-corrected chi connectivity index (χ3v) is 6.98. The lowest BCUT2D eigenvalue weighted by molar-refractivity contribution is 0.0664. The van der Waals surface area contributed by atoms with Crippen LogP contribution in [0.15, 0.2) is 64.0 Å². The number of likely N-dealkylation sites (N-methyl/N-ethyl adjacent to an activating group) is 1. The standard InChI is InChI=1S/C26H26F2N6O2S/c1-17-14-22(24-29-23(31-36-24)19-6-8-21(9-7-19)37-26(27)28)30-34(17)16-18-4-3-5-20(15-18)25(35)33-12-10-32(2)11-13-33/h3-9,14-15,26H,10-13,16H2,1-2H3. The highest BCUT2D eigenvalue weighted by Gasteiger charge is 2.21. The van der Waals surface area contributed by atoms with E-state index in [4.69, 9.17) is 4.52 Å². The van der Waals surface area contributed by atoms with Gasteiger partial charge in [-0.1, -0.05) is 29.1 Å². The number of aryl methyl sites for hydroxylation is 1. The van der Waals surface area contributed by atoms with Gasteiger partial charge in [0.25, 0.3) is 17.6 Å². The topological polar surface area (TPSA) is 80.3 Å². The predicted molar refractivity (Wildman–Crippen MR) is 136 cm³/mol. The first-order valence-corrected chi connectivity index (χ1v) is 12.7. The first kappa shape index (κ1) is 25.1. The molecule has 0 radical (unpaired) electrons. The van der Waals surface area contributed by atoms with Crippen LogP contribution in [-0.2, 0) is 6.54 Å². The number of hydrogen-bond acceptors (Lipinski definition) is 7. The highest BCUT2D eigenvalue weighted by Crippen LogP contribution is 2.28. The van der Waals surface area contributed by atoms with Gasteiger partial charge in [0.1, 0.15) is 0 Å². The summed E-state index contributed by atoms with van der Waals surface area (Å²) in [5, 5.41) is 8.66. The Morgan fingerprint density at radius 1 is 1.08 bits per heavy atom. The fourth-order valence-corrected chi connectivity index (χ4v) is 4.67. The Hall–Kier alpha value is -3.57. The van der Waals surface area contributed by atoms with Crippen molar-refractivity contribution in [2.45, 2.75) is 24.1 Å². The molecule has 0 spiro atoms. The molecule has 4 aromatic rings. The molecule has 1 fully saturated rings. The van der Waals surface area contributed by atoms with Gasteiger partial charge in [-0.3, -0.25) is 9.48 Å². The van der Waals surface area contributed by atoms with Crippen molar-refractivity contribution in [2.75, 3.05) is 33.2 Å². The van der Waals surface area contributed by atoms with Crippen molar-refractivity contribution in [3.63, 3.8) is 0 Å². The quantitative estimate of drug-likeness (QED) is 0.325. The second kappa shape index (κ2) is 10.8. The van der Waals surface area contributed by atoms with Gasteiger partial charge in [-0.05, 0) is 62.0 Å². The van der Waals surface area contributed by atoms with E-state index in [1.54, 1.807) is 24.3 Å². The Kier molecular flexibility index (Phi) is 7.33. The number of alkyl halides is 2. The van der Waals surface area contributed by atoms with Crippen LogP contribution in [0.1, 0.15) is 21.6 Å². The van der Waals surface area contributed by atoms with E-state index in [9.17, 15) is 13.6 Å². The average molecular weight is 525 g/mol. The smallest absolute Gasteiger partial charge is 0.288 e. The zero-order valence-electron chi connectivity index (χ0n) is 20.5. The van der Waals surface area contributed by atoms with Crippen molar-refractivity contribution in [3.05, 3.63) is 71.4 Å². The normalized spacial score (nSPS) is 14.5. The first-order chi connectivity index (χ1) is 17.9. The molecule has 1 aliphatic heterocycles. The van der Waals surface area contributed by atoms with Gasteiger partial charge in [-0.2, -0.15) is 18.9 Å². The molecule has 0 saturated carbocycles. The number of piperazine rings is 1. The van der Waals surface area contributed by atoms with Crippen molar-refractivity contribution in [2.24, 2.45) is 0 Å². The van der Waals surface area contributed by atoms with Crippen LogP contribution in [0.25, 0.3) is 23.0 Å². The Morgan fingerprint density at radius 2 is 1.84 bits per heavy atom. The molecule has 0 aliphatic carbocycles. The first-order valence-electron chi connectivity index (χ1n) is 11.9. The van der Waals surface area contributed by atoms with E-state index in [2.05, 4.69) is 27.2 Å². The number of aromatic nitrogens is 4. The van der Waals surface area contributed by atoms with Gasteiger partial charge in [0.05, 0.1) is 6.54 Å². The predicted octanol–water partition coefficient (Wildman–Crippen LogP) is 4.66. The lowest BCUT2D eigenvalue weighted by atomic mass is 10.1. The molecular formula is C26H26F2N6O2S. The summed E-state index contributed by atoms with van der Waals surface area (Å²) in [5.41, 5.74) is 3.73. The van der Waals surface area contributed by atoms with Gasteiger partial charge in [0, 0.05) is 47.9 Å². The summed E-state index contributed by atoms with van der Waals surface area (Å²) in [7, 11) is 2.06. The Morgan fingerprint density at radius 3 is 2.57 bits per heavy atom. The average Bonchev–Trinajstić information content (AvgIpc) is 3.52. The molecule has 0 atom stereocenters.